The monoisotopic (exact) mass is 235 g/mol. The van der Waals surface area contributed by atoms with E-state index in [1.807, 2.05) is 11.0 Å². The fourth-order valence-corrected chi connectivity index (χ4v) is 1.95. The van der Waals surface area contributed by atoms with Crippen LogP contribution < -0.4 is 4.73 Å². The van der Waals surface area contributed by atoms with Gasteiger partial charge in [-0.1, -0.05) is 0 Å². The van der Waals surface area contributed by atoms with Gasteiger partial charge in [-0.05, 0) is 13.1 Å². The Bertz CT molecular complexity index is 400. The lowest BCUT2D eigenvalue weighted by Crippen LogP contribution is -2.47. The number of carbonyl (C=O) groups excluding carboxylic acids is 1. The summed E-state index contributed by atoms with van der Waals surface area (Å²) in [4.78, 5) is 16.1. The molecule has 1 fully saturated rings. The van der Waals surface area contributed by atoms with Crippen LogP contribution in [0.4, 0.5) is 0 Å². The number of amides is 1. The zero-order chi connectivity index (χ0) is 12.3. The molecular formula is C12H17N3O2. The molecule has 0 aromatic carbocycles. The van der Waals surface area contributed by atoms with Crippen LogP contribution in [0.1, 0.15) is 5.56 Å². The summed E-state index contributed by atoms with van der Waals surface area (Å²) >= 11 is 0. The molecule has 0 N–H and O–H groups in total. The van der Waals surface area contributed by atoms with Crippen molar-refractivity contribution in [2.75, 3.05) is 33.2 Å². The van der Waals surface area contributed by atoms with E-state index in [0.717, 1.165) is 36.5 Å². The topological polar surface area (TPSA) is 50.5 Å². The second-order valence-corrected chi connectivity index (χ2v) is 4.43. The number of carbonyl (C=O) groups is 1. The van der Waals surface area contributed by atoms with Crippen molar-refractivity contribution in [1.29, 1.82) is 0 Å². The normalized spacial score (nSPS) is 17.1. The minimum absolute atomic E-state index is 0.101. The zero-order valence-electron chi connectivity index (χ0n) is 10.0. The van der Waals surface area contributed by atoms with Gasteiger partial charge in [0.15, 0.2) is 12.4 Å². The Morgan fingerprint density at radius 1 is 1.41 bits per heavy atom. The number of aromatic nitrogens is 1. The summed E-state index contributed by atoms with van der Waals surface area (Å²) in [6.07, 6.45) is 3.19. The van der Waals surface area contributed by atoms with E-state index in [1.165, 1.54) is 12.4 Å². The minimum Gasteiger partial charge on any atom is -0.619 e. The van der Waals surface area contributed by atoms with E-state index in [4.69, 9.17) is 0 Å². The quantitative estimate of drug-likeness (QED) is 0.519. The molecule has 1 aromatic rings. The van der Waals surface area contributed by atoms with Crippen LogP contribution in [-0.4, -0.2) is 48.9 Å². The fourth-order valence-electron chi connectivity index (χ4n) is 1.95. The molecule has 5 heteroatoms. The fraction of sp³-hybridized carbons (Fsp3) is 0.500. The van der Waals surface area contributed by atoms with Crippen LogP contribution in [0, 0.1) is 5.21 Å². The number of nitrogens with zero attached hydrogens (tertiary/aromatic N) is 3. The SMILES string of the molecule is CN1CCN(C(=O)Cc2ccc[n+]([O-])c2)CC1. The first-order chi connectivity index (χ1) is 8.15. The molecule has 1 amide bonds. The Morgan fingerprint density at radius 3 is 2.76 bits per heavy atom. The maximum Gasteiger partial charge on any atom is 0.227 e. The van der Waals surface area contributed by atoms with Gasteiger partial charge in [0.25, 0.3) is 0 Å². The average molecular weight is 235 g/mol. The van der Waals surface area contributed by atoms with Gasteiger partial charge in [-0.3, -0.25) is 4.79 Å². The Hall–Kier alpha value is -1.62. The summed E-state index contributed by atoms with van der Waals surface area (Å²) in [7, 11) is 2.05. The van der Waals surface area contributed by atoms with Crippen LogP contribution >= 0.6 is 0 Å². The van der Waals surface area contributed by atoms with Gasteiger partial charge in [0, 0.05) is 37.8 Å². The Labute approximate surface area is 101 Å². The van der Waals surface area contributed by atoms with E-state index in [2.05, 4.69) is 11.9 Å². The molecule has 1 aliphatic heterocycles. The summed E-state index contributed by atoms with van der Waals surface area (Å²) in [5.41, 5.74) is 0.770. The van der Waals surface area contributed by atoms with Crippen LogP contribution in [0.15, 0.2) is 24.5 Å². The first-order valence-electron chi connectivity index (χ1n) is 5.79. The Kier molecular flexibility index (Phi) is 3.58. The Morgan fingerprint density at radius 2 is 2.12 bits per heavy atom. The third kappa shape index (κ3) is 3.17. The van der Waals surface area contributed by atoms with E-state index in [-0.39, 0.29) is 5.91 Å². The number of rotatable bonds is 2. The van der Waals surface area contributed by atoms with Gasteiger partial charge in [-0.25, -0.2) is 0 Å². The van der Waals surface area contributed by atoms with Crippen LogP contribution in [0.25, 0.3) is 0 Å². The Balaban J connectivity index is 1.93. The molecular weight excluding hydrogens is 218 g/mol. The molecule has 1 saturated heterocycles. The first kappa shape index (κ1) is 11.9. The van der Waals surface area contributed by atoms with Crippen molar-refractivity contribution in [3.05, 3.63) is 35.3 Å². The minimum atomic E-state index is 0.101. The van der Waals surface area contributed by atoms with Gasteiger partial charge in [-0.15, -0.1) is 0 Å². The van der Waals surface area contributed by atoms with E-state index >= 15 is 0 Å². The number of piperazine rings is 1. The smallest absolute Gasteiger partial charge is 0.227 e. The number of hydrogen-bond acceptors (Lipinski definition) is 3. The highest BCUT2D eigenvalue weighted by Crippen LogP contribution is 2.04. The van der Waals surface area contributed by atoms with Gasteiger partial charge in [0.2, 0.25) is 5.91 Å². The number of likely N-dealkylation sites (N-methyl/N-ethyl adjacent to an activating group) is 1. The molecule has 0 atom stereocenters. The highest BCUT2D eigenvalue weighted by molar-refractivity contribution is 5.78. The lowest BCUT2D eigenvalue weighted by molar-refractivity contribution is -0.605. The molecule has 2 rings (SSSR count). The van der Waals surface area contributed by atoms with E-state index in [1.54, 1.807) is 6.07 Å². The second-order valence-electron chi connectivity index (χ2n) is 4.43. The van der Waals surface area contributed by atoms with Crippen molar-refractivity contribution in [3.8, 4) is 0 Å². The van der Waals surface area contributed by atoms with Crippen LogP contribution in [0.3, 0.4) is 0 Å². The third-order valence-electron chi connectivity index (χ3n) is 3.05. The molecule has 0 radical (unpaired) electrons. The molecule has 17 heavy (non-hydrogen) atoms. The van der Waals surface area contributed by atoms with Crippen molar-refractivity contribution in [2.24, 2.45) is 0 Å². The largest absolute Gasteiger partial charge is 0.619 e. The second kappa shape index (κ2) is 5.14. The molecule has 0 unspecified atom stereocenters. The molecule has 0 bridgehead atoms. The molecule has 0 saturated carbocycles. The lowest BCUT2D eigenvalue weighted by Gasteiger charge is -2.32. The summed E-state index contributed by atoms with van der Waals surface area (Å²) < 4.78 is 0.729. The first-order valence-corrected chi connectivity index (χ1v) is 5.79. The highest BCUT2D eigenvalue weighted by atomic mass is 16.5. The zero-order valence-corrected chi connectivity index (χ0v) is 10.0. The molecule has 5 nitrogen and oxygen atoms in total. The summed E-state index contributed by atoms with van der Waals surface area (Å²) in [6, 6.07) is 3.47. The molecule has 1 aliphatic rings. The predicted molar refractivity (Wildman–Crippen MR) is 63.2 cm³/mol. The van der Waals surface area contributed by atoms with Crippen LogP contribution in [0.2, 0.25) is 0 Å². The number of hydrogen-bond donors (Lipinski definition) is 0. The van der Waals surface area contributed by atoms with Crippen molar-refractivity contribution >= 4 is 5.91 Å². The number of pyridine rings is 1. The maximum atomic E-state index is 12.0. The van der Waals surface area contributed by atoms with Crippen LogP contribution in [0.5, 0.6) is 0 Å². The van der Waals surface area contributed by atoms with Gasteiger partial charge in [0.1, 0.15) is 0 Å². The molecule has 2 heterocycles. The molecule has 1 aromatic heterocycles. The molecule has 0 aliphatic carbocycles. The van der Waals surface area contributed by atoms with Crippen molar-refractivity contribution in [3.63, 3.8) is 0 Å². The van der Waals surface area contributed by atoms with E-state index < -0.39 is 0 Å². The summed E-state index contributed by atoms with van der Waals surface area (Å²) in [5.74, 6) is 0.101. The summed E-state index contributed by atoms with van der Waals surface area (Å²) in [6.45, 7) is 3.39. The van der Waals surface area contributed by atoms with Gasteiger partial charge in [-0.2, -0.15) is 4.73 Å². The standard InChI is InChI=1S/C12H17N3O2/c1-13-5-7-14(8-6-13)12(16)9-11-3-2-4-15(17)10-11/h2-4,10H,5-9H2,1H3. The van der Waals surface area contributed by atoms with Crippen molar-refractivity contribution in [2.45, 2.75) is 6.42 Å². The molecule has 0 spiro atoms. The van der Waals surface area contributed by atoms with Gasteiger partial charge in [0.05, 0.1) is 6.42 Å². The van der Waals surface area contributed by atoms with Crippen molar-refractivity contribution in [1.82, 2.24) is 9.80 Å². The van der Waals surface area contributed by atoms with E-state index in [9.17, 15) is 10.0 Å². The molecule has 92 valence electrons. The average Bonchev–Trinajstić information content (AvgIpc) is 2.29. The lowest BCUT2D eigenvalue weighted by atomic mass is 10.2. The van der Waals surface area contributed by atoms with Gasteiger partial charge < -0.3 is 15.0 Å². The van der Waals surface area contributed by atoms with Crippen molar-refractivity contribution < 1.29 is 9.52 Å². The van der Waals surface area contributed by atoms with Gasteiger partial charge >= 0.3 is 0 Å². The maximum absolute atomic E-state index is 12.0. The predicted octanol–water partition coefficient (Wildman–Crippen LogP) is -0.363. The van der Waals surface area contributed by atoms with E-state index in [0.29, 0.717) is 6.42 Å². The summed E-state index contributed by atoms with van der Waals surface area (Å²) in [5, 5.41) is 11.1. The van der Waals surface area contributed by atoms with Crippen LogP contribution in [-0.2, 0) is 11.2 Å². The highest BCUT2D eigenvalue weighted by Gasteiger charge is 2.19. The third-order valence-corrected chi connectivity index (χ3v) is 3.05.